The van der Waals surface area contributed by atoms with Crippen LogP contribution in [0, 0.1) is 15.9 Å². The predicted octanol–water partition coefficient (Wildman–Crippen LogP) is 3.06. The minimum atomic E-state index is -0.465. The van der Waals surface area contributed by atoms with Crippen LogP contribution in [0.5, 0.6) is 0 Å². The molecule has 0 aliphatic rings. The smallest absolute Gasteiger partial charge is 0.269 e. The Hall–Kier alpha value is -3.42. The molecule has 7 nitrogen and oxygen atoms in total. The molecule has 1 heterocycles. The van der Waals surface area contributed by atoms with E-state index in [0.29, 0.717) is 29.7 Å². The Morgan fingerprint density at radius 3 is 2.60 bits per heavy atom. The molecule has 0 unspecified atom stereocenters. The third-order valence-electron chi connectivity index (χ3n) is 3.67. The van der Waals surface area contributed by atoms with Crippen molar-refractivity contribution < 1.29 is 14.1 Å². The number of H-pyrrole nitrogens is 1. The van der Waals surface area contributed by atoms with Crippen LogP contribution in [0.4, 0.5) is 15.8 Å². The van der Waals surface area contributed by atoms with E-state index in [-0.39, 0.29) is 23.1 Å². The van der Waals surface area contributed by atoms with Crippen LogP contribution in [0.3, 0.4) is 0 Å². The zero-order valence-electron chi connectivity index (χ0n) is 13.1. The molecule has 8 heteroatoms. The molecule has 0 saturated heterocycles. The molecule has 1 amide bonds. The molecule has 0 spiro atoms. The Morgan fingerprint density at radius 1 is 1.16 bits per heavy atom. The van der Waals surface area contributed by atoms with Gasteiger partial charge in [0.05, 0.1) is 4.92 Å². The quantitative estimate of drug-likeness (QED) is 0.364. The first-order valence-electron chi connectivity index (χ1n) is 7.58. The van der Waals surface area contributed by atoms with Crippen molar-refractivity contribution in [3.05, 3.63) is 70.2 Å². The minimum Gasteiger partial charge on any atom is -0.383 e. The first-order valence-corrected chi connectivity index (χ1v) is 7.58. The minimum absolute atomic E-state index is 0.0184. The van der Waals surface area contributed by atoms with Crippen LogP contribution in [-0.2, 0) is 0 Å². The molecule has 0 aliphatic heterocycles. The summed E-state index contributed by atoms with van der Waals surface area (Å²) in [7, 11) is 0. The van der Waals surface area contributed by atoms with Gasteiger partial charge in [-0.15, -0.1) is 0 Å². The summed E-state index contributed by atoms with van der Waals surface area (Å²) in [5.74, 6) is -0.714. The van der Waals surface area contributed by atoms with E-state index in [9.17, 15) is 19.3 Å². The van der Waals surface area contributed by atoms with Crippen molar-refractivity contribution in [2.75, 3.05) is 18.4 Å². The first kappa shape index (κ1) is 16.4. The molecule has 0 saturated carbocycles. The van der Waals surface area contributed by atoms with Gasteiger partial charge in [-0.3, -0.25) is 14.9 Å². The number of nitro groups is 1. The Morgan fingerprint density at radius 2 is 1.92 bits per heavy atom. The molecule has 0 aliphatic carbocycles. The maximum absolute atomic E-state index is 13.6. The van der Waals surface area contributed by atoms with Crippen LogP contribution in [0.1, 0.15) is 10.5 Å². The Balaban J connectivity index is 1.52. The molecule has 0 radical (unpaired) electrons. The van der Waals surface area contributed by atoms with Gasteiger partial charge in [-0.25, -0.2) is 4.39 Å². The third kappa shape index (κ3) is 3.74. The number of fused-ring (bicyclic) bond motifs is 1. The molecule has 2 aromatic carbocycles. The fourth-order valence-electron chi connectivity index (χ4n) is 2.42. The number of non-ortho nitro benzene ring substituents is 1. The van der Waals surface area contributed by atoms with Crippen molar-refractivity contribution in [1.82, 2.24) is 10.3 Å². The van der Waals surface area contributed by atoms with Crippen molar-refractivity contribution in [1.29, 1.82) is 0 Å². The number of carbonyl (C=O) groups is 1. The first-order chi connectivity index (χ1) is 12.0. The number of nitrogens with one attached hydrogen (secondary N) is 3. The molecular weight excluding hydrogens is 327 g/mol. The second-order valence-corrected chi connectivity index (χ2v) is 5.37. The number of aromatic nitrogens is 1. The number of halogens is 1. The molecule has 0 bridgehead atoms. The SMILES string of the molecule is O=C(NCCNc1ccc([N+](=O)[O-])cc1)c1cc2c(F)cccc2[nH]1. The highest BCUT2D eigenvalue weighted by atomic mass is 19.1. The van der Waals surface area contributed by atoms with Crippen molar-refractivity contribution >= 4 is 28.2 Å². The highest BCUT2D eigenvalue weighted by Crippen LogP contribution is 2.18. The topological polar surface area (TPSA) is 100 Å². The van der Waals surface area contributed by atoms with Gasteiger partial charge in [-0.1, -0.05) is 6.07 Å². The van der Waals surface area contributed by atoms with E-state index in [1.54, 1.807) is 24.3 Å². The zero-order valence-corrected chi connectivity index (χ0v) is 13.1. The zero-order chi connectivity index (χ0) is 17.8. The lowest BCUT2D eigenvalue weighted by Gasteiger charge is -2.07. The molecule has 0 atom stereocenters. The number of amides is 1. The standard InChI is InChI=1S/C17H15FN4O3/c18-14-2-1-3-15-13(14)10-16(21-15)17(23)20-9-8-19-11-4-6-12(7-5-11)22(24)25/h1-7,10,19,21H,8-9H2,(H,20,23). The van der Waals surface area contributed by atoms with Gasteiger partial charge in [0.2, 0.25) is 0 Å². The molecular formula is C17H15FN4O3. The lowest BCUT2D eigenvalue weighted by Crippen LogP contribution is -2.28. The van der Waals surface area contributed by atoms with E-state index >= 15 is 0 Å². The van der Waals surface area contributed by atoms with Gasteiger partial charge >= 0.3 is 0 Å². The van der Waals surface area contributed by atoms with Crippen molar-refractivity contribution in [3.63, 3.8) is 0 Å². The number of benzene rings is 2. The van der Waals surface area contributed by atoms with E-state index in [2.05, 4.69) is 15.6 Å². The monoisotopic (exact) mass is 342 g/mol. The summed E-state index contributed by atoms with van der Waals surface area (Å²) in [5, 5.41) is 16.7. The van der Waals surface area contributed by atoms with Gasteiger partial charge in [0, 0.05) is 41.8 Å². The normalized spacial score (nSPS) is 10.6. The van der Waals surface area contributed by atoms with Crippen molar-refractivity contribution in [2.24, 2.45) is 0 Å². The second kappa shape index (κ2) is 7.00. The highest BCUT2D eigenvalue weighted by molar-refractivity contribution is 5.98. The molecule has 3 N–H and O–H groups in total. The van der Waals surface area contributed by atoms with Crippen LogP contribution in [0.25, 0.3) is 10.9 Å². The third-order valence-corrected chi connectivity index (χ3v) is 3.67. The Kier molecular flexibility index (Phi) is 4.60. The lowest BCUT2D eigenvalue weighted by molar-refractivity contribution is -0.384. The van der Waals surface area contributed by atoms with Gasteiger partial charge in [-0.05, 0) is 30.3 Å². The van der Waals surface area contributed by atoms with Gasteiger partial charge in [-0.2, -0.15) is 0 Å². The number of aromatic amines is 1. The van der Waals surface area contributed by atoms with Crippen LogP contribution >= 0.6 is 0 Å². The lowest BCUT2D eigenvalue weighted by atomic mass is 10.2. The molecule has 25 heavy (non-hydrogen) atoms. The fourth-order valence-corrected chi connectivity index (χ4v) is 2.42. The van der Waals surface area contributed by atoms with E-state index in [1.807, 2.05) is 0 Å². The van der Waals surface area contributed by atoms with E-state index in [0.717, 1.165) is 0 Å². The van der Waals surface area contributed by atoms with Crippen molar-refractivity contribution in [3.8, 4) is 0 Å². The fraction of sp³-hybridized carbons (Fsp3) is 0.118. The van der Waals surface area contributed by atoms with Gasteiger partial charge in [0.1, 0.15) is 11.5 Å². The second-order valence-electron chi connectivity index (χ2n) is 5.37. The number of nitrogens with zero attached hydrogens (tertiary/aromatic N) is 1. The summed E-state index contributed by atoms with van der Waals surface area (Å²) < 4.78 is 13.6. The average Bonchev–Trinajstić information content (AvgIpc) is 3.05. The highest BCUT2D eigenvalue weighted by Gasteiger charge is 2.11. The van der Waals surface area contributed by atoms with Gasteiger partial charge in [0.25, 0.3) is 11.6 Å². The maximum Gasteiger partial charge on any atom is 0.269 e. The largest absolute Gasteiger partial charge is 0.383 e. The maximum atomic E-state index is 13.6. The van der Waals surface area contributed by atoms with Gasteiger partial charge < -0.3 is 15.6 Å². The molecule has 3 rings (SSSR count). The predicted molar refractivity (Wildman–Crippen MR) is 92.2 cm³/mol. The Labute approximate surface area is 142 Å². The molecule has 0 fully saturated rings. The molecule has 3 aromatic rings. The summed E-state index contributed by atoms with van der Waals surface area (Å²) in [5.41, 5.74) is 1.59. The number of nitro benzene ring substituents is 1. The number of hydrogen-bond donors (Lipinski definition) is 3. The summed E-state index contributed by atoms with van der Waals surface area (Å²) in [6.45, 7) is 0.784. The number of rotatable bonds is 6. The summed E-state index contributed by atoms with van der Waals surface area (Å²) in [6, 6.07) is 12.1. The van der Waals surface area contributed by atoms with Crippen LogP contribution in [0.2, 0.25) is 0 Å². The van der Waals surface area contributed by atoms with Crippen molar-refractivity contribution in [2.45, 2.75) is 0 Å². The van der Waals surface area contributed by atoms with Gasteiger partial charge in [0.15, 0.2) is 0 Å². The van der Waals surface area contributed by atoms with Crippen LogP contribution < -0.4 is 10.6 Å². The molecule has 128 valence electrons. The molecule has 1 aromatic heterocycles. The number of anilines is 1. The van der Waals surface area contributed by atoms with E-state index in [1.165, 1.54) is 24.3 Å². The number of hydrogen-bond acceptors (Lipinski definition) is 4. The van der Waals surface area contributed by atoms with Crippen LogP contribution in [0.15, 0.2) is 48.5 Å². The number of carbonyl (C=O) groups excluding carboxylic acids is 1. The van der Waals surface area contributed by atoms with E-state index < -0.39 is 4.92 Å². The van der Waals surface area contributed by atoms with E-state index in [4.69, 9.17) is 0 Å². The Bertz CT molecular complexity index is 921. The average molecular weight is 342 g/mol. The summed E-state index contributed by atoms with van der Waals surface area (Å²) >= 11 is 0. The summed E-state index contributed by atoms with van der Waals surface area (Å²) in [4.78, 5) is 25.1. The van der Waals surface area contributed by atoms with Crippen LogP contribution in [-0.4, -0.2) is 28.9 Å². The summed E-state index contributed by atoms with van der Waals surface area (Å²) in [6.07, 6.45) is 0.